The zero-order valence-electron chi connectivity index (χ0n) is 8.38. The SMILES string of the molecule is Cc1ccn2ncc(C/C(N)=N/O)c2c1. The van der Waals surface area contributed by atoms with Crippen molar-refractivity contribution < 1.29 is 5.21 Å². The molecule has 0 atom stereocenters. The van der Waals surface area contributed by atoms with Crippen molar-refractivity contribution in [3.63, 3.8) is 0 Å². The van der Waals surface area contributed by atoms with Crippen LogP contribution in [0.3, 0.4) is 0 Å². The molecule has 2 rings (SSSR count). The lowest BCUT2D eigenvalue weighted by atomic mass is 10.1. The number of nitrogens with zero attached hydrogens (tertiary/aromatic N) is 3. The molecular weight excluding hydrogens is 192 g/mol. The molecule has 5 heteroatoms. The summed E-state index contributed by atoms with van der Waals surface area (Å²) in [6, 6.07) is 4.00. The number of oxime groups is 1. The number of nitrogens with two attached hydrogens (primary N) is 1. The van der Waals surface area contributed by atoms with Gasteiger partial charge in [-0.15, -0.1) is 0 Å². The van der Waals surface area contributed by atoms with Crippen LogP contribution in [0.25, 0.3) is 5.52 Å². The molecule has 3 N–H and O–H groups in total. The highest BCUT2D eigenvalue weighted by atomic mass is 16.4. The van der Waals surface area contributed by atoms with E-state index in [4.69, 9.17) is 10.9 Å². The normalized spacial score (nSPS) is 12.2. The van der Waals surface area contributed by atoms with Crippen molar-refractivity contribution in [1.82, 2.24) is 9.61 Å². The lowest BCUT2D eigenvalue weighted by Crippen LogP contribution is -2.14. The quantitative estimate of drug-likeness (QED) is 0.331. The van der Waals surface area contributed by atoms with Gasteiger partial charge < -0.3 is 10.9 Å². The molecule has 0 spiro atoms. The van der Waals surface area contributed by atoms with Gasteiger partial charge in [0.25, 0.3) is 0 Å². The minimum Gasteiger partial charge on any atom is -0.409 e. The van der Waals surface area contributed by atoms with Crippen LogP contribution in [-0.4, -0.2) is 20.7 Å². The van der Waals surface area contributed by atoms with Crippen LogP contribution >= 0.6 is 0 Å². The number of pyridine rings is 1. The molecular formula is C10H12N4O. The van der Waals surface area contributed by atoms with Gasteiger partial charge in [-0.3, -0.25) is 0 Å². The molecule has 15 heavy (non-hydrogen) atoms. The van der Waals surface area contributed by atoms with Crippen LogP contribution in [0.15, 0.2) is 29.7 Å². The maximum Gasteiger partial charge on any atom is 0.143 e. The highest BCUT2D eigenvalue weighted by Crippen LogP contribution is 2.12. The number of rotatable bonds is 2. The maximum absolute atomic E-state index is 8.50. The molecule has 0 fully saturated rings. The predicted octanol–water partition coefficient (Wildman–Crippen LogP) is 0.932. The topological polar surface area (TPSA) is 75.9 Å². The second kappa shape index (κ2) is 3.61. The Balaban J connectivity index is 2.48. The monoisotopic (exact) mass is 204 g/mol. The highest BCUT2D eigenvalue weighted by Gasteiger charge is 2.05. The number of amidine groups is 1. The first-order valence-electron chi connectivity index (χ1n) is 4.60. The van der Waals surface area contributed by atoms with Gasteiger partial charge in [0, 0.05) is 18.2 Å². The molecule has 0 aliphatic rings. The molecule has 2 aromatic heterocycles. The Bertz CT molecular complexity index is 515. The molecule has 0 aromatic carbocycles. The Morgan fingerprint density at radius 1 is 1.67 bits per heavy atom. The Morgan fingerprint density at radius 3 is 3.20 bits per heavy atom. The standard InChI is InChI=1S/C10H12N4O/c1-7-2-3-14-9(4-7)8(6-12-14)5-10(11)13-15/h2-4,6,15H,5H2,1H3,(H2,11,13). The zero-order chi connectivity index (χ0) is 10.8. The third-order valence-electron chi connectivity index (χ3n) is 2.26. The Hall–Kier alpha value is -2.04. The first-order chi connectivity index (χ1) is 7.20. The fraction of sp³-hybridized carbons (Fsp3) is 0.200. The van der Waals surface area contributed by atoms with Crippen molar-refractivity contribution in [2.45, 2.75) is 13.3 Å². The van der Waals surface area contributed by atoms with Crippen LogP contribution in [0.2, 0.25) is 0 Å². The van der Waals surface area contributed by atoms with Crippen molar-refractivity contribution in [3.05, 3.63) is 35.7 Å². The first kappa shape index (κ1) is 9.51. The smallest absolute Gasteiger partial charge is 0.143 e. The molecule has 0 bridgehead atoms. The number of aryl methyl sites for hydroxylation is 1. The van der Waals surface area contributed by atoms with E-state index in [0.29, 0.717) is 6.42 Å². The fourth-order valence-corrected chi connectivity index (χ4v) is 1.50. The summed E-state index contributed by atoms with van der Waals surface area (Å²) < 4.78 is 1.77. The lowest BCUT2D eigenvalue weighted by Gasteiger charge is -1.98. The summed E-state index contributed by atoms with van der Waals surface area (Å²) in [5.74, 6) is 0.186. The molecule has 0 radical (unpaired) electrons. The van der Waals surface area contributed by atoms with Crippen LogP contribution in [0, 0.1) is 6.92 Å². The Kier molecular flexibility index (Phi) is 2.29. The Morgan fingerprint density at radius 2 is 2.47 bits per heavy atom. The molecule has 0 saturated carbocycles. The lowest BCUT2D eigenvalue weighted by molar-refractivity contribution is 0.317. The van der Waals surface area contributed by atoms with Gasteiger partial charge in [-0.1, -0.05) is 5.16 Å². The van der Waals surface area contributed by atoms with Crippen molar-refractivity contribution in [2.75, 3.05) is 0 Å². The van der Waals surface area contributed by atoms with E-state index in [1.54, 1.807) is 10.7 Å². The fourth-order valence-electron chi connectivity index (χ4n) is 1.50. The second-order valence-electron chi connectivity index (χ2n) is 3.47. The van der Waals surface area contributed by atoms with Crippen molar-refractivity contribution in [1.29, 1.82) is 0 Å². The molecule has 0 aliphatic carbocycles. The van der Waals surface area contributed by atoms with Crippen LogP contribution in [0.5, 0.6) is 0 Å². The van der Waals surface area contributed by atoms with Crippen LogP contribution < -0.4 is 5.73 Å². The van der Waals surface area contributed by atoms with Crippen molar-refractivity contribution >= 4 is 11.4 Å². The second-order valence-corrected chi connectivity index (χ2v) is 3.47. The number of fused-ring (bicyclic) bond motifs is 1. The van der Waals surface area contributed by atoms with E-state index in [-0.39, 0.29) is 5.84 Å². The van der Waals surface area contributed by atoms with Gasteiger partial charge in [-0.2, -0.15) is 5.10 Å². The number of hydrogen-bond donors (Lipinski definition) is 2. The van der Waals surface area contributed by atoms with E-state index in [1.165, 1.54) is 0 Å². The third kappa shape index (κ3) is 1.76. The molecule has 5 nitrogen and oxygen atoms in total. The minimum absolute atomic E-state index is 0.186. The molecule has 0 saturated heterocycles. The summed E-state index contributed by atoms with van der Waals surface area (Å²) in [7, 11) is 0. The van der Waals surface area contributed by atoms with Crippen LogP contribution in [0.4, 0.5) is 0 Å². The molecule has 0 amide bonds. The van der Waals surface area contributed by atoms with Crippen LogP contribution in [0.1, 0.15) is 11.1 Å². The van der Waals surface area contributed by atoms with Gasteiger partial charge in [0.2, 0.25) is 0 Å². The highest BCUT2D eigenvalue weighted by molar-refractivity contribution is 5.84. The summed E-state index contributed by atoms with van der Waals surface area (Å²) in [6.07, 6.45) is 4.02. The molecule has 2 aromatic rings. The van der Waals surface area contributed by atoms with E-state index >= 15 is 0 Å². The molecule has 0 unspecified atom stereocenters. The third-order valence-corrected chi connectivity index (χ3v) is 2.26. The van der Waals surface area contributed by atoms with Crippen LogP contribution in [-0.2, 0) is 6.42 Å². The first-order valence-corrected chi connectivity index (χ1v) is 4.60. The molecule has 78 valence electrons. The van der Waals surface area contributed by atoms with Gasteiger partial charge in [-0.05, 0) is 24.6 Å². The molecule has 0 aliphatic heterocycles. The van der Waals surface area contributed by atoms with E-state index < -0.39 is 0 Å². The number of aromatic nitrogens is 2. The van der Waals surface area contributed by atoms with E-state index in [1.807, 2.05) is 25.3 Å². The minimum atomic E-state index is 0.186. The number of hydrogen-bond acceptors (Lipinski definition) is 3. The zero-order valence-corrected chi connectivity index (χ0v) is 8.38. The summed E-state index contributed by atoms with van der Waals surface area (Å²) in [6.45, 7) is 2.01. The van der Waals surface area contributed by atoms with E-state index in [0.717, 1.165) is 16.6 Å². The van der Waals surface area contributed by atoms with Gasteiger partial charge >= 0.3 is 0 Å². The molecule has 2 heterocycles. The average molecular weight is 204 g/mol. The average Bonchev–Trinajstić information content (AvgIpc) is 2.61. The summed E-state index contributed by atoms with van der Waals surface area (Å²) in [5, 5.41) is 15.6. The van der Waals surface area contributed by atoms with Crippen molar-refractivity contribution in [2.24, 2.45) is 10.9 Å². The summed E-state index contributed by atoms with van der Waals surface area (Å²) in [4.78, 5) is 0. The van der Waals surface area contributed by atoms with Gasteiger partial charge in [0.15, 0.2) is 0 Å². The van der Waals surface area contributed by atoms with Gasteiger partial charge in [-0.25, -0.2) is 4.52 Å². The maximum atomic E-state index is 8.50. The van der Waals surface area contributed by atoms with Crippen molar-refractivity contribution in [3.8, 4) is 0 Å². The van der Waals surface area contributed by atoms with E-state index in [2.05, 4.69) is 10.3 Å². The Labute approximate surface area is 86.8 Å². The summed E-state index contributed by atoms with van der Waals surface area (Å²) >= 11 is 0. The predicted molar refractivity (Wildman–Crippen MR) is 57.0 cm³/mol. The van der Waals surface area contributed by atoms with E-state index in [9.17, 15) is 0 Å². The summed E-state index contributed by atoms with van der Waals surface area (Å²) in [5.41, 5.74) is 8.55. The van der Waals surface area contributed by atoms with Gasteiger partial charge in [0.05, 0.1) is 11.7 Å². The largest absolute Gasteiger partial charge is 0.409 e. The van der Waals surface area contributed by atoms with Gasteiger partial charge in [0.1, 0.15) is 5.84 Å².